The van der Waals surface area contributed by atoms with Crippen molar-refractivity contribution in [1.29, 1.82) is 0 Å². The molecule has 0 radical (unpaired) electrons. The number of ether oxygens (including phenoxy) is 1. The van der Waals surface area contributed by atoms with E-state index in [2.05, 4.69) is 26.1 Å². The standard InChI is InChI=1S/C35H67NO5/c1-4-5-6-7-8-9-16-19-22-25-28-33(37)36-32(35(39)40)30-34(38)41-29-26-23-20-17-14-12-10-11-13-15-18-21-24-27-31(2)3/h31-32H,4-30H2,1-3H3,(H,36,37)(H,39,40)/t32-/m0/s1. The van der Waals surface area contributed by atoms with Gasteiger partial charge in [0, 0.05) is 6.42 Å². The summed E-state index contributed by atoms with van der Waals surface area (Å²) < 4.78 is 5.24. The first-order valence-corrected chi connectivity index (χ1v) is 17.5. The van der Waals surface area contributed by atoms with Crippen molar-refractivity contribution in [2.45, 2.75) is 194 Å². The van der Waals surface area contributed by atoms with Crippen molar-refractivity contribution in [2.24, 2.45) is 5.92 Å². The first-order chi connectivity index (χ1) is 19.9. The van der Waals surface area contributed by atoms with Gasteiger partial charge < -0.3 is 15.2 Å². The Kier molecular flexibility index (Phi) is 28.7. The smallest absolute Gasteiger partial charge is 0.326 e. The van der Waals surface area contributed by atoms with Crippen LogP contribution in [0.5, 0.6) is 0 Å². The van der Waals surface area contributed by atoms with Crippen molar-refractivity contribution in [3.63, 3.8) is 0 Å². The molecule has 41 heavy (non-hydrogen) atoms. The maximum absolute atomic E-state index is 12.2. The predicted octanol–water partition coefficient (Wildman–Crippen LogP) is 9.92. The highest BCUT2D eigenvalue weighted by atomic mass is 16.5. The second-order valence-corrected chi connectivity index (χ2v) is 12.6. The van der Waals surface area contributed by atoms with Crippen LogP contribution in [0, 0.1) is 5.92 Å². The number of carbonyl (C=O) groups is 3. The fourth-order valence-corrected chi connectivity index (χ4v) is 5.25. The van der Waals surface area contributed by atoms with Crippen LogP contribution < -0.4 is 5.32 Å². The molecule has 242 valence electrons. The van der Waals surface area contributed by atoms with Crippen LogP contribution in [-0.4, -0.2) is 35.6 Å². The third-order valence-electron chi connectivity index (χ3n) is 7.95. The van der Waals surface area contributed by atoms with Gasteiger partial charge in [-0.3, -0.25) is 9.59 Å². The minimum Gasteiger partial charge on any atom is -0.480 e. The van der Waals surface area contributed by atoms with Gasteiger partial charge in [0.25, 0.3) is 0 Å². The van der Waals surface area contributed by atoms with Gasteiger partial charge in [0.2, 0.25) is 5.91 Å². The summed E-state index contributed by atoms with van der Waals surface area (Å²) in [6.07, 6.45) is 29.5. The van der Waals surface area contributed by atoms with Crippen LogP contribution in [0.25, 0.3) is 0 Å². The highest BCUT2D eigenvalue weighted by molar-refractivity contribution is 5.87. The number of esters is 1. The van der Waals surface area contributed by atoms with E-state index in [0.29, 0.717) is 13.0 Å². The zero-order valence-corrected chi connectivity index (χ0v) is 27.3. The van der Waals surface area contributed by atoms with Crippen molar-refractivity contribution in [3.05, 3.63) is 0 Å². The summed E-state index contributed by atoms with van der Waals surface area (Å²) >= 11 is 0. The number of aliphatic carboxylic acids is 1. The van der Waals surface area contributed by atoms with Crippen molar-refractivity contribution in [3.8, 4) is 0 Å². The molecule has 2 N–H and O–H groups in total. The molecule has 0 heterocycles. The van der Waals surface area contributed by atoms with Gasteiger partial charge in [-0.25, -0.2) is 4.79 Å². The molecule has 0 rings (SSSR count). The van der Waals surface area contributed by atoms with E-state index in [9.17, 15) is 19.5 Å². The Morgan fingerprint density at radius 2 is 1.02 bits per heavy atom. The van der Waals surface area contributed by atoms with E-state index >= 15 is 0 Å². The lowest BCUT2D eigenvalue weighted by Gasteiger charge is -2.14. The zero-order valence-electron chi connectivity index (χ0n) is 27.3. The average molecular weight is 582 g/mol. The van der Waals surface area contributed by atoms with E-state index in [-0.39, 0.29) is 12.3 Å². The molecule has 1 atom stereocenters. The lowest BCUT2D eigenvalue weighted by atomic mass is 10.0. The number of nitrogens with one attached hydrogen (secondary N) is 1. The number of hydrogen-bond donors (Lipinski definition) is 2. The Morgan fingerprint density at radius 3 is 1.46 bits per heavy atom. The summed E-state index contributed by atoms with van der Waals surface area (Å²) in [7, 11) is 0. The van der Waals surface area contributed by atoms with Crippen LogP contribution in [0.1, 0.15) is 188 Å². The molecule has 0 spiro atoms. The molecular weight excluding hydrogens is 514 g/mol. The molecule has 0 fully saturated rings. The molecular formula is C35H67NO5. The van der Waals surface area contributed by atoms with E-state index in [4.69, 9.17) is 4.74 Å². The summed E-state index contributed by atoms with van der Waals surface area (Å²) in [6, 6.07) is -1.22. The molecule has 0 unspecified atom stereocenters. The van der Waals surface area contributed by atoms with Crippen LogP contribution in [0.15, 0.2) is 0 Å². The number of hydrogen-bond acceptors (Lipinski definition) is 4. The Bertz CT molecular complexity index is 622. The minimum absolute atomic E-state index is 0.299. The van der Waals surface area contributed by atoms with Gasteiger partial charge in [-0.2, -0.15) is 0 Å². The first-order valence-electron chi connectivity index (χ1n) is 17.5. The van der Waals surface area contributed by atoms with E-state index < -0.39 is 18.0 Å². The van der Waals surface area contributed by atoms with Gasteiger partial charge >= 0.3 is 11.9 Å². The predicted molar refractivity (Wildman–Crippen MR) is 171 cm³/mol. The zero-order chi connectivity index (χ0) is 30.4. The third kappa shape index (κ3) is 29.7. The van der Waals surface area contributed by atoms with E-state index in [1.54, 1.807) is 0 Å². The highest BCUT2D eigenvalue weighted by Gasteiger charge is 2.23. The molecule has 6 nitrogen and oxygen atoms in total. The Hall–Kier alpha value is -1.59. The first kappa shape index (κ1) is 39.4. The summed E-state index contributed by atoms with van der Waals surface area (Å²) in [5.74, 6) is -1.22. The monoisotopic (exact) mass is 582 g/mol. The number of carboxylic acid groups (broad SMARTS) is 1. The highest BCUT2D eigenvalue weighted by Crippen LogP contribution is 2.15. The molecule has 0 aromatic rings. The van der Waals surface area contributed by atoms with Gasteiger partial charge in [-0.05, 0) is 18.8 Å². The number of unbranched alkanes of at least 4 members (excludes halogenated alkanes) is 21. The summed E-state index contributed by atoms with van der Waals surface area (Å²) in [4.78, 5) is 35.8. The third-order valence-corrected chi connectivity index (χ3v) is 7.95. The SMILES string of the molecule is CCCCCCCCCCCCC(=O)N[C@@H](CC(=O)OCCCCCCCCCCCCCCCC(C)C)C(=O)O. The summed E-state index contributed by atoms with van der Waals surface area (Å²) in [5, 5.41) is 11.9. The van der Waals surface area contributed by atoms with Crippen LogP contribution in [0.3, 0.4) is 0 Å². The topological polar surface area (TPSA) is 92.7 Å². The normalized spacial score (nSPS) is 12.0. The van der Waals surface area contributed by atoms with Crippen molar-refractivity contribution >= 4 is 17.8 Å². The fraction of sp³-hybridized carbons (Fsp3) is 0.914. The molecule has 0 aromatic heterocycles. The molecule has 6 heteroatoms. The van der Waals surface area contributed by atoms with Crippen molar-refractivity contribution in [1.82, 2.24) is 5.32 Å². The minimum atomic E-state index is -1.22. The Morgan fingerprint density at radius 1 is 0.610 bits per heavy atom. The number of carboxylic acids is 1. The summed E-state index contributed by atoms with van der Waals surface area (Å²) in [6.45, 7) is 7.15. The van der Waals surface area contributed by atoms with Crippen molar-refractivity contribution < 1.29 is 24.2 Å². The van der Waals surface area contributed by atoms with Gasteiger partial charge in [0.15, 0.2) is 0 Å². The number of carbonyl (C=O) groups excluding carboxylic acids is 2. The van der Waals surface area contributed by atoms with Crippen LogP contribution >= 0.6 is 0 Å². The van der Waals surface area contributed by atoms with Gasteiger partial charge in [-0.15, -0.1) is 0 Å². The molecule has 0 bridgehead atoms. The Balaban J connectivity index is 3.64. The van der Waals surface area contributed by atoms with Gasteiger partial charge in [0.1, 0.15) is 6.04 Å². The second kappa shape index (κ2) is 29.9. The van der Waals surface area contributed by atoms with Crippen LogP contribution in [-0.2, 0) is 19.1 Å². The number of rotatable bonds is 31. The fourth-order valence-electron chi connectivity index (χ4n) is 5.25. The maximum Gasteiger partial charge on any atom is 0.326 e. The van der Waals surface area contributed by atoms with E-state index in [1.165, 1.54) is 116 Å². The second-order valence-electron chi connectivity index (χ2n) is 12.6. The van der Waals surface area contributed by atoms with E-state index in [1.807, 2.05) is 0 Å². The quantitative estimate of drug-likeness (QED) is 0.0628. The van der Waals surface area contributed by atoms with Crippen molar-refractivity contribution in [2.75, 3.05) is 6.61 Å². The lowest BCUT2D eigenvalue weighted by molar-refractivity contribution is -0.150. The molecule has 0 aliphatic carbocycles. The average Bonchev–Trinajstić information content (AvgIpc) is 2.93. The van der Waals surface area contributed by atoms with E-state index in [0.717, 1.165) is 44.4 Å². The number of amides is 1. The largest absolute Gasteiger partial charge is 0.480 e. The molecule has 0 aliphatic heterocycles. The summed E-state index contributed by atoms with van der Waals surface area (Å²) in [5.41, 5.74) is 0. The van der Waals surface area contributed by atoms with Crippen LogP contribution in [0.2, 0.25) is 0 Å². The van der Waals surface area contributed by atoms with Gasteiger partial charge in [-0.1, -0.05) is 162 Å². The van der Waals surface area contributed by atoms with Gasteiger partial charge in [0.05, 0.1) is 13.0 Å². The molecule has 0 saturated carbocycles. The van der Waals surface area contributed by atoms with Crippen LogP contribution in [0.4, 0.5) is 0 Å². The Labute approximate surface area is 253 Å². The molecule has 0 aliphatic rings. The maximum atomic E-state index is 12.2. The molecule has 1 amide bonds. The molecule has 0 aromatic carbocycles. The lowest BCUT2D eigenvalue weighted by Crippen LogP contribution is -2.42. The molecule has 0 saturated heterocycles.